The highest BCUT2D eigenvalue weighted by atomic mass is 32.1. The molecule has 3 aromatic rings. The maximum Gasteiger partial charge on any atom is 0.283 e. The van der Waals surface area contributed by atoms with Crippen molar-refractivity contribution in [2.45, 2.75) is 20.0 Å². The average molecular weight is 291 g/mol. The number of nitrogens with zero attached hydrogens (tertiary/aromatic N) is 5. The zero-order valence-corrected chi connectivity index (χ0v) is 11.9. The lowest BCUT2D eigenvalue weighted by atomic mass is 10.3. The molecule has 3 heterocycles. The van der Waals surface area contributed by atoms with Crippen LogP contribution in [0.3, 0.4) is 0 Å². The molecule has 0 atom stereocenters. The van der Waals surface area contributed by atoms with Crippen molar-refractivity contribution in [2.24, 2.45) is 0 Å². The summed E-state index contributed by atoms with van der Waals surface area (Å²) in [6.45, 7) is 3.27. The Labute approximate surface area is 119 Å². The highest BCUT2D eigenvalue weighted by molar-refractivity contribution is 7.05. The summed E-state index contributed by atoms with van der Waals surface area (Å²) in [6.07, 6.45) is 1.57. The predicted molar refractivity (Wildman–Crippen MR) is 71.8 cm³/mol. The van der Waals surface area contributed by atoms with Gasteiger partial charge in [0.25, 0.3) is 5.89 Å². The zero-order valence-electron chi connectivity index (χ0n) is 11.1. The maximum absolute atomic E-state index is 5.56. The molecule has 0 fully saturated rings. The van der Waals surface area contributed by atoms with Crippen LogP contribution in [0.15, 0.2) is 27.2 Å². The molecule has 0 saturated carbocycles. The van der Waals surface area contributed by atoms with Crippen molar-refractivity contribution in [1.29, 1.82) is 0 Å². The van der Waals surface area contributed by atoms with Crippen LogP contribution < -0.4 is 0 Å². The molecule has 3 rings (SSSR count). The van der Waals surface area contributed by atoms with Crippen molar-refractivity contribution in [3.8, 4) is 11.7 Å². The molecule has 0 aliphatic heterocycles. The minimum absolute atomic E-state index is 0.397. The summed E-state index contributed by atoms with van der Waals surface area (Å²) in [6, 6.07) is 3.57. The molecule has 3 aromatic heterocycles. The summed E-state index contributed by atoms with van der Waals surface area (Å²) in [5.41, 5.74) is 0.962. The first-order chi connectivity index (χ1) is 9.72. The van der Waals surface area contributed by atoms with Crippen LogP contribution in [0, 0.1) is 6.92 Å². The van der Waals surface area contributed by atoms with Gasteiger partial charge in [0.1, 0.15) is 0 Å². The minimum Gasteiger partial charge on any atom is -0.459 e. The van der Waals surface area contributed by atoms with E-state index in [-0.39, 0.29) is 0 Å². The lowest BCUT2D eigenvalue weighted by Crippen LogP contribution is -2.17. The topological polar surface area (TPSA) is 81.1 Å². The molecule has 0 bridgehead atoms. The second-order valence-electron chi connectivity index (χ2n) is 4.43. The standard InChI is InChI=1S/C12H13N5O2S/c1-8-10(20-16-13-8)6-17(2)7-11-14-15-12(19-11)9-4-3-5-18-9/h3-5H,6-7H2,1-2H3. The van der Waals surface area contributed by atoms with Crippen LogP contribution in [-0.4, -0.2) is 31.7 Å². The number of furan rings is 1. The number of aryl methyl sites for hydroxylation is 1. The number of hydrogen-bond acceptors (Lipinski definition) is 8. The molecule has 0 amide bonds. The molecule has 0 radical (unpaired) electrons. The van der Waals surface area contributed by atoms with Gasteiger partial charge in [-0.2, -0.15) is 0 Å². The van der Waals surface area contributed by atoms with Gasteiger partial charge in [-0.25, -0.2) is 0 Å². The van der Waals surface area contributed by atoms with E-state index in [4.69, 9.17) is 8.83 Å². The van der Waals surface area contributed by atoms with E-state index in [1.165, 1.54) is 11.5 Å². The van der Waals surface area contributed by atoms with Crippen molar-refractivity contribution in [1.82, 2.24) is 24.7 Å². The normalized spacial score (nSPS) is 11.3. The largest absolute Gasteiger partial charge is 0.459 e. The first-order valence-corrected chi connectivity index (χ1v) is 6.82. The fraction of sp³-hybridized carbons (Fsp3) is 0.333. The molecular weight excluding hydrogens is 278 g/mol. The van der Waals surface area contributed by atoms with Gasteiger partial charge >= 0.3 is 0 Å². The Balaban J connectivity index is 1.65. The highest BCUT2D eigenvalue weighted by Crippen LogP contribution is 2.19. The van der Waals surface area contributed by atoms with E-state index < -0.39 is 0 Å². The summed E-state index contributed by atoms with van der Waals surface area (Å²) in [4.78, 5) is 3.21. The molecule has 0 N–H and O–H groups in total. The lowest BCUT2D eigenvalue weighted by Gasteiger charge is -2.12. The first-order valence-electron chi connectivity index (χ1n) is 6.05. The summed E-state index contributed by atoms with van der Waals surface area (Å²) in [5, 5.41) is 12.0. The smallest absolute Gasteiger partial charge is 0.283 e. The Bertz CT molecular complexity index is 676. The molecule has 0 saturated heterocycles. The van der Waals surface area contributed by atoms with E-state index in [2.05, 4.69) is 24.7 Å². The van der Waals surface area contributed by atoms with E-state index in [0.717, 1.165) is 17.1 Å². The summed E-state index contributed by atoms with van der Waals surface area (Å²) >= 11 is 1.41. The van der Waals surface area contributed by atoms with Crippen LogP contribution in [0.1, 0.15) is 16.5 Å². The fourth-order valence-corrected chi connectivity index (χ4v) is 2.46. The van der Waals surface area contributed by atoms with Gasteiger partial charge in [-0.05, 0) is 37.6 Å². The Kier molecular flexibility index (Phi) is 3.57. The van der Waals surface area contributed by atoms with Crippen molar-refractivity contribution >= 4 is 11.5 Å². The molecule has 20 heavy (non-hydrogen) atoms. The van der Waals surface area contributed by atoms with Crippen LogP contribution in [0.5, 0.6) is 0 Å². The van der Waals surface area contributed by atoms with E-state index in [9.17, 15) is 0 Å². The molecule has 0 aromatic carbocycles. The molecule has 0 aliphatic carbocycles. The van der Waals surface area contributed by atoms with Crippen LogP contribution in [0.4, 0.5) is 0 Å². The van der Waals surface area contributed by atoms with Gasteiger partial charge in [0.05, 0.1) is 23.4 Å². The van der Waals surface area contributed by atoms with Gasteiger partial charge < -0.3 is 8.83 Å². The molecule has 8 heteroatoms. The van der Waals surface area contributed by atoms with E-state index in [0.29, 0.717) is 24.1 Å². The van der Waals surface area contributed by atoms with Gasteiger partial charge in [-0.15, -0.1) is 15.3 Å². The van der Waals surface area contributed by atoms with Crippen molar-refractivity contribution < 1.29 is 8.83 Å². The van der Waals surface area contributed by atoms with Crippen molar-refractivity contribution in [3.05, 3.63) is 34.9 Å². The predicted octanol–water partition coefficient (Wildman–Crippen LogP) is 2.12. The van der Waals surface area contributed by atoms with Gasteiger partial charge in [-0.1, -0.05) is 4.49 Å². The third-order valence-corrected chi connectivity index (χ3v) is 3.57. The molecular formula is C12H13N5O2S. The second-order valence-corrected chi connectivity index (χ2v) is 5.27. The van der Waals surface area contributed by atoms with Crippen LogP contribution in [-0.2, 0) is 13.1 Å². The summed E-state index contributed by atoms with van der Waals surface area (Å²) in [7, 11) is 1.98. The lowest BCUT2D eigenvalue weighted by molar-refractivity contribution is 0.283. The van der Waals surface area contributed by atoms with Gasteiger partial charge in [0, 0.05) is 6.54 Å². The van der Waals surface area contributed by atoms with Crippen molar-refractivity contribution in [3.63, 3.8) is 0 Å². The fourth-order valence-electron chi connectivity index (χ4n) is 1.75. The second kappa shape index (κ2) is 5.51. The Hall–Kier alpha value is -2.06. The quantitative estimate of drug-likeness (QED) is 0.712. The van der Waals surface area contributed by atoms with Crippen LogP contribution in [0.25, 0.3) is 11.7 Å². The third-order valence-electron chi connectivity index (χ3n) is 2.76. The average Bonchev–Trinajstić information content (AvgIpc) is 3.12. The SMILES string of the molecule is Cc1nnsc1CN(C)Cc1nnc(-c2ccco2)o1. The summed E-state index contributed by atoms with van der Waals surface area (Å²) < 4.78 is 14.7. The van der Waals surface area contributed by atoms with Gasteiger partial charge in [0.15, 0.2) is 5.76 Å². The maximum atomic E-state index is 5.56. The van der Waals surface area contributed by atoms with E-state index in [1.807, 2.05) is 14.0 Å². The Morgan fingerprint density at radius 3 is 2.85 bits per heavy atom. The summed E-state index contributed by atoms with van der Waals surface area (Å²) in [5.74, 6) is 1.52. The van der Waals surface area contributed by atoms with Crippen LogP contribution >= 0.6 is 11.5 Å². The molecule has 0 unspecified atom stereocenters. The zero-order chi connectivity index (χ0) is 13.9. The van der Waals surface area contributed by atoms with Crippen molar-refractivity contribution in [2.75, 3.05) is 7.05 Å². The molecule has 0 spiro atoms. The van der Waals surface area contributed by atoms with E-state index in [1.54, 1.807) is 18.4 Å². The molecule has 0 aliphatic rings. The Morgan fingerprint density at radius 1 is 1.25 bits per heavy atom. The molecule has 7 nitrogen and oxygen atoms in total. The monoisotopic (exact) mass is 291 g/mol. The van der Waals surface area contributed by atoms with Gasteiger partial charge in [0.2, 0.25) is 5.89 Å². The number of rotatable bonds is 5. The number of aromatic nitrogens is 4. The highest BCUT2D eigenvalue weighted by Gasteiger charge is 2.13. The molecule has 104 valence electrons. The Morgan fingerprint density at radius 2 is 2.15 bits per heavy atom. The van der Waals surface area contributed by atoms with Crippen LogP contribution in [0.2, 0.25) is 0 Å². The van der Waals surface area contributed by atoms with E-state index >= 15 is 0 Å². The first kappa shape index (κ1) is 12.9. The number of hydrogen-bond donors (Lipinski definition) is 0. The van der Waals surface area contributed by atoms with Gasteiger partial charge in [-0.3, -0.25) is 4.90 Å². The third kappa shape index (κ3) is 2.75. The minimum atomic E-state index is 0.397.